The van der Waals surface area contributed by atoms with Crippen LogP contribution in [0, 0.1) is 6.92 Å². The predicted octanol–water partition coefficient (Wildman–Crippen LogP) is 2.27. The molecule has 1 amide bonds. The summed E-state index contributed by atoms with van der Waals surface area (Å²) in [4.78, 5) is 28.4. The number of hydrogen-bond donors (Lipinski definition) is 2. The fourth-order valence-corrected chi connectivity index (χ4v) is 3.83. The molecule has 0 radical (unpaired) electrons. The van der Waals surface area contributed by atoms with Gasteiger partial charge in [-0.2, -0.15) is 0 Å². The lowest BCUT2D eigenvalue weighted by molar-refractivity contribution is 0.102. The van der Waals surface area contributed by atoms with Crippen molar-refractivity contribution in [2.24, 2.45) is 0 Å². The molecule has 0 unspecified atom stereocenters. The van der Waals surface area contributed by atoms with Crippen LogP contribution in [0.2, 0.25) is 0 Å². The maximum absolute atomic E-state index is 12.9. The summed E-state index contributed by atoms with van der Waals surface area (Å²) in [6.45, 7) is 10.3. The third-order valence-corrected chi connectivity index (χ3v) is 4.98. The van der Waals surface area contributed by atoms with Crippen LogP contribution in [0.4, 0.5) is 11.6 Å². The predicted molar refractivity (Wildman–Crippen MR) is 115 cm³/mol. The number of carbonyl (C=O) groups is 1. The van der Waals surface area contributed by atoms with Gasteiger partial charge in [-0.1, -0.05) is 0 Å². The number of nitrogens with one attached hydrogen (secondary N) is 2. The van der Waals surface area contributed by atoms with Crippen molar-refractivity contribution in [2.45, 2.75) is 39.8 Å². The molecule has 158 valence electrons. The lowest BCUT2D eigenvalue weighted by atomic mass is 10.1. The Balaban J connectivity index is 1.53. The first-order chi connectivity index (χ1) is 14.4. The topological polar surface area (TPSA) is 96.7 Å². The van der Waals surface area contributed by atoms with Crippen LogP contribution in [0.15, 0.2) is 30.9 Å². The van der Waals surface area contributed by atoms with E-state index in [2.05, 4.69) is 44.3 Å². The van der Waals surface area contributed by atoms with Gasteiger partial charge in [0.25, 0.3) is 5.91 Å². The molecule has 0 saturated carbocycles. The summed E-state index contributed by atoms with van der Waals surface area (Å²) in [7, 11) is 0. The number of carbonyl (C=O) groups excluding carboxylic acids is 1. The van der Waals surface area contributed by atoms with Gasteiger partial charge in [-0.05, 0) is 27.7 Å². The van der Waals surface area contributed by atoms with Crippen LogP contribution in [0.1, 0.15) is 36.8 Å². The molecule has 9 nitrogen and oxygen atoms in total. The van der Waals surface area contributed by atoms with Gasteiger partial charge in [0.15, 0.2) is 5.82 Å². The number of pyridine rings is 1. The highest BCUT2D eigenvalue weighted by Gasteiger charge is 2.22. The molecular formula is C21H27N7O2. The van der Waals surface area contributed by atoms with Crippen LogP contribution in [0.5, 0.6) is 5.75 Å². The molecular weight excluding hydrogens is 382 g/mol. The Morgan fingerprint density at radius 2 is 2.00 bits per heavy atom. The van der Waals surface area contributed by atoms with Crippen LogP contribution in [-0.2, 0) is 0 Å². The molecule has 2 N–H and O–H groups in total. The van der Waals surface area contributed by atoms with E-state index in [1.807, 2.05) is 24.4 Å². The molecule has 0 bridgehead atoms. The number of rotatable bonds is 5. The molecule has 0 aromatic carbocycles. The fourth-order valence-electron chi connectivity index (χ4n) is 3.83. The molecule has 1 aliphatic rings. The van der Waals surface area contributed by atoms with Gasteiger partial charge in [-0.25, -0.2) is 15.0 Å². The number of aromatic nitrogens is 4. The molecule has 0 aliphatic carbocycles. The number of fused-ring (bicyclic) bond motifs is 1. The van der Waals surface area contributed by atoms with Crippen LogP contribution in [0.3, 0.4) is 0 Å². The highest BCUT2D eigenvalue weighted by atomic mass is 16.5. The molecule has 1 fully saturated rings. The highest BCUT2D eigenvalue weighted by molar-refractivity contribution is 6.05. The second-order valence-electron chi connectivity index (χ2n) is 7.72. The van der Waals surface area contributed by atoms with E-state index in [0.717, 1.165) is 30.2 Å². The third-order valence-electron chi connectivity index (χ3n) is 4.98. The van der Waals surface area contributed by atoms with Gasteiger partial charge in [0, 0.05) is 43.6 Å². The van der Waals surface area contributed by atoms with E-state index in [0.29, 0.717) is 35.8 Å². The minimum atomic E-state index is -0.307. The molecule has 0 spiro atoms. The molecule has 1 aliphatic heterocycles. The summed E-state index contributed by atoms with van der Waals surface area (Å²) in [5.41, 5.74) is 2.02. The van der Waals surface area contributed by atoms with Gasteiger partial charge < -0.3 is 24.7 Å². The Bertz CT molecular complexity index is 1040. The number of ether oxygens (including phenoxy) is 1. The van der Waals surface area contributed by atoms with E-state index < -0.39 is 0 Å². The number of hydrogen-bond acceptors (Lipinski definition) is 7. The monoisotopic (exact) mass is 409 g/mol. The quantitative estimate of drug-likeness (QED) is 0.667. The van der Waals surface area contributed by atoms with Crippen molar-refractivity contribution in [2.75, 3.05) is 29.9 Å². The number of amides is 1. The van der Waals surface area contributed by atoms with Crippen molar-refractivity contribution < 1.29 is 9.53 Å². The lowest BCUT2D eigenvalue weighted by Crippen LogP contribution is -2.54. The zero-order valence-corrected chi connectivity index (χ0v) is 17.7. The minimum absolute atomic E-state index is 0.307. The van der Waals surface area contributed by atoms with Crippen molar-refractivity contribution in [1.82, 2.24) is 24.7 Å². The number of piperazine rings is 1. The minimum Gasteiger partial charge on any atom is -0.493 e. The van der Waals surface area contributed by atoms with E-state index in [4.69, 9.17) is 4.74 Å². The molecule has 2 atom stereocenters. The van der Waals surface area contributed by atoms with E-state index in [1.165, 1.54) is 0 Å². The highest BCUT2D eigenvalue weighted by Crippen LogP contribution is 2.23. The Morgan fingerprint density at radius 1 is 1.23 bits per heavy atom. The first-order valence-electron chi connectivity index (χ1n) is 10.2. The Morgan fingerprint density at radius 3 is 2.67 bits per heavy atom. The lowest BCUT2D eigenvalue weighted by Gasteiger charge is -2.36. The normalized spacial score (nSPS) is 19.1. The third kappa shape index (κ3) is 4.20. The second kappa shape index (κ2) is 8.27. The second-order valence-corrected chi connectivity index (χ2v) is 7.72. The zero-order valence-electron chi connectivity index (χ0n) is 17.7. The zero-order chi connectivity index (χ0) is 21.3. The molecule has 3 aromatic heterocycles. The molecule has 9 heteroatoms. The van der Waals surface area contributed by atoms with Crippen LogP contribution in [-0.4, -0.2) is 57.0 Å². The van der Waals surface area contributed by atoms with Gasteiger partial charge >= 0.3 is 0 Å². The molecule has 30 heavy (non-hydrogen) atoms. The maximum atomic E-state index is 12.9. The average Bonchev–Trinajstić information content (AvgIpc) is 3.06. The van der Waals surface area contributed by atoms with Crippen LogP contribution < -0.4 is 20.3 Å². The van der Waals surface area contributed by atoms with Crippen molar-refractivity contribution in [3.8, 4) is 5.75 Å². The first-order valence-corrected chi connectivity index (χ1v) is 10.2. The number of aryl methyl sites for hydroxylation is 1. The van der Waals surface area contributed by atoms with Crippen molar-refractivity contribution >= 4 is 23.2 Å². The summed E-state index contributed by atoms with van der Waals surface area (Å²) in [5, 5.41) is 6.32. The molecule has 4 heterocycles. The Kier molecular flexibility index (Phi) is 5.54. The van der Waals surface area contributed by atoms with Gasteiger partial charge in [0.1, 0.15) is 17.2 Å². The maximum Gasteiger partial charge on any atom is 0.262 e. The molecule has 4 rings (SSSR count). The number of anilines is 2. The van der Waals surface area contributed by atoms with Crippen LogP contribution in [0.25, 0.3) is 5.65 Å². The number of nitrogens with zero attached hydrogens (tertiary/aromatic N) is 5. The van der Waals surface area contributed by atoms with Crippen LogP contribution >= 0.6 is 0 Å². The first kappa shape index (κ1) is 20.1. The Labute approximate surface area is 175 Å². The van der Waals surface area contributed by atoms with Crippen molar-refractivity contribution in [3.05, 3.63) is 42.1 Å². The summed E-state index contributed by atoms with van der Waals surface area (Å²) in [6, 6.07) is 2.54. The van der Waals surface area contributed by atoms with E-state index in [9.17, 15) is 4.79 Å². The smallest absolute Gasteiger partial charge is 0.262 e. The van der Waals surface area contributed by atoms with Crippen molar-refractivity contribution in [1.29, 1.82) is 0 Å². The summed E-state index contributed by atoms with van der Waals surface area (Å²) < 4.78 is 7.48. The standard InChI is InChI=1S/C21H27N7O2/c1-5-30-17-6-19-25-15(4)11-28(19)12-16(17)21(29)26-18-7-23-20(8-22-18)27-9-13(2)24-14(3)10-27/h6-8,11-14,24H,5,9-10H2,1-4H3,(H,22,26,29)/t13-,14+. The van der Waals surface area contributed by atoms with Gasteiger partial charge in [0.05, 0.1) is 30.3 Å². The van der Waals surface area contributed by atoms with E-state index >= 15 is 0 Å². The largest absolute Gasteiger partial charge is 0.493 e. The number of imidazole rings is 1. The van der Waals surface area contributed by atoms with Gasteiger partial charge in [0.2, 0.25) is 0 Å². The van der Waals surface area contributed by atoms with Gasteiger partial charge in [-0.15, -0.1) is 0 Å². The summed E-state index contributed by atoms with van der Waals surface area (Å²) in [5.74, 6) is 1.38. The van der Waals surface area contributed by atoms with E-state index in [-0.39, 0.29) is 5.91 Å². The van der Waals surface area contributed by atoms with E-state index in [1.54, 1.807) is 24.7 Å². The summed E-state index contributed by atoms with van der Waals surface area (Å²) in [6.07, 6.45) is 6.88. The summed E-state index contributed by atoms with van der Waals surface area (Å²) >= 11 is 0. The Hall–Kier alpha value is -3.20. The average molecular weight is 409 g/mol. The molecule has 1 saturated heterocycles. The van der Waals surface area contributed by atoms with Gasteiger partial charge in [-0.3, -0.25) is 4.79 Å². The van der Waals surface area contributed by atoms with Crippen molar-refractivity contribution in [3.63, 3.8) is 0 Å². The molecule has 3 aromatic rings. The fraction of sp³-hybridized carbons (Fsp3) is 0.429. The SMILES string of the molecule is CCOc1cc2nc(C)cn2cc1C(=O)Nc1cnc(N2C[C@@H](C)N[C@@H](C)C2)cn1.